The summed E-state index contributed by atoms with van der Waals surface area (Å²) in [4.78, 5) is 36.1. The lowest BCUT2D eigenvalue weighted by Crippen LogP contribution is -2.28. The second kappa shape index (κ2) is 10.5. The van der Waals surface area contributed by atoms with Gasteiger partial charge in [0, 0.05) is 43.9 Å². The Bertz CT molecular complexity index is 1140. The molecule has 1 aromatic heterocycles. The zero-order chi connectivity index (χ0) is 23.1. The van der Waals surface area contributed by atoms with Crippen molar-refractivity contribution in [3.05, 3.63) is 105 Å². The van der Waals surface area contributed by atoms with Gasteiger partial charge in [-0.25, -0.2) is 4.39 Å². The number of carbonyl (C=O) groups is 2. The highest BCUT2D eigenvalue weighted by atomic mass is 19.1. The molecule has 1 unspecified atom stereocenters. The fraction of sp³-hybridized carbons (Fsp3) is 0.240. The number of nitrogens with zero attached hydrogens (tertiary/aromatic N) is 1. The first-order chi connectivity index (χ1) is 15.4. The maximum absolute atomic E-state index is 13.4. The first kappa shape index (κ1) is 22.9. The van der Waals surface area contributed by atoms with Gasteiger partial charge in [-0.15, -0.1) is 0 Å². The number of halogens is 1. The minimum absolute atomic E-state index is 0.0979. The lowest BCUT2D eigenvalue weighted by Gasteiger charge is -2.19. The van der Waals surface area contributed by atoms with Crippen LogP contribution in [0.4, 0.5) is 4.39 Å². The molecule has 0 saturated carbocycles. The molecule has 2 aromatic carbocycles. The van der Waals surface area contributed by atoms with Crippen LogP contribution in [0.15, 0.2) is 71.7 Å². The first-order valence-corrected chi connectivity index (χ1v) is 10.5. The van der Waals surface area contributed by atoms with Gasteiger partial charge in [-0.05, 0) is 54.8 Å². The van der Waals surface area contributed by atoms with E-state index >= 15 is 0 Å². The lowest BCUT2D eigenvalue weighted by atomic mass is 9.88. The van der Waals surface area contributed by atoms with E-state index in [9.17, 15) is 18.8 Å². The molecule has 0 spiro atoms. The maximum atomic E-state index is 13.4. The van der Waals surface area contributed by atoms with E-state index in [2.05, 4.69) is 10.6 Å². The number of rotatable bonds is 8. The highest BCUT2D eigenvalue weighted by Crippen LogP contribution is 2.28. The number of benzene rings is 2. The van der Waals surface area contributed by atoms with E-state index in [4.69, 9.17) is 0 Å². The van der Waals surface area contributed by atoms with Crippen molar-refractivity contribution in [2.24, 2.45) is 0 Å². The van der Waals surface area contributed by atoms with Crippen LogP contribution < -0.4 is 16.2 Å². The highest BCUT2D eigenvalue weighted by molar-refractivity contribution is 5.94. The molecule has 0 bridgehead atoms. The fourth-order valence-electron chi connectivity index (χ4n) is 3.58. The maximum Gasteiger partial charge on any atom is 0.252 e. The molecule has 1 heterocycles. The highest BCUT2D eigenvalue weighted by Gasteiger charge is 2.16. The average molecular weight is 435 g/mol. The largest absolute Gasteiger partial charge is 0.355 e. The van der Waals surface area contributed by atoms with Gasteiger partial charge in [0.2, 0.25) is 0 Å². The quantitative estimate of drug-likeness (QED) is 0.570. The van der Waals surface area contributed by atoms with Crippen molar-refractivity contribution in [1.82, 2.24) is 15.2 Å². The number of carbonyl (C=O) groups excluding carboxylic acids is 2. The third kappa shape index (κ3) is 5.49. The average Bonchev–Trinajstić information content (AvgIpc) is 2.82. The number of aryl methyl sites for hydroxylation is 1. The Balaban J connectivity index is 1.76. The van der Waals surface area contributed by atoms with E-state index in [0.717, 1.165) is 11.1 Å². The molecule has 6 nitrogen and oxygen atoms in total. The molecule has 0 aliphatic rings. The predicted octanol–water partition coefficient (Wildman–Crippen LogP) is 3.32. The number of hydrogen-bond acceptors (Lipinski definition) is 3. The van der Waals surface area contributed by atoms with Gasteiger partial charge in [0.25, 0.3) is 17.4 Å². The first-order valence-electron chi connectivity index (χ1n) is 10.5. The Morgan fingerprint density at radius 3 is 2.09 bits per heavy atom. The van der Waals surface area contributed by atoms with Crippen molar-refractivity contribution in [3.8, 4) is 0 Å². The summed E-state index contributed by atoms with van der Waals surface area (Å²) < 4.78 is 14.9. The van der Waals surface area contributed by atoms with Crippen LogP contribution in [-0.2, 0) is 6.54 Å². The van der Waals surface area contributed by atoms with Crippen LogP contribution in [-0.4, -0.2) is 30.0 Å². The molecule has 32 heavy (non-hydrogen) atoms. The number of nitrogens with one attached hydrogen (secondary N) is 2. The summed E-state index contributed by atoms with van der Waals surface area (Å²) in [5, 5.41) is 5.49. The van der Waals surface area contributed by atoms with E-state index < -0.39 is 0 Å². The van der Waals surface area contributed by atoms with Crippen molar-refractivity contribution in [2.45, 2.75) is 25.8 Å². The van der Waals surface area contributed by atoms with Gasteiger partial charge < -0.3 is 15.2 Å². The zero-order valence-electron chi connectivity index (χ0n) is 18.1. The Kier molecular flexibility index (Phi) is 7.54. The van der Waals surface area contributed by atoms with Crippen molar-refractivity contribution >= 4 is 11.8 Å². The Morgan fingerprint density at radius 1 is 0.906 bits per heavy atom. The van der Waals surface area contributed by atoms with Crippen molar-refractivity contribution < 1.29 is 14.0 Å². The van der Waals surface area contributed by atoms with Gasteiger partial charge in [0.05, 0.1) is 5.56 Å². The molecule has 1 atom stereocenters. The van der Waals surface area contributed by atoms with Gasteiger partial charge in [-0.2, -0.15) is 0 Å². The van der Waals surface area contributed by atoms with Crippen LogP contribution in [0.1, 0.15) is 51.1 Å². The van der Waals surface area contributed by atoms with Crippen LogP contribution in [0, 0.1) is 5.82 Å². The SMILES string of the molecule is CCn1cc(C(=O)NCCC(c2ccc(F)cc2)c2ccc(C(=O)NC)cc2)ccc1=O. The van der Waals surface area contributed by atoms with Crippen LogP contribution in [0.5, 0.6) is 0 Å². The number of pyridine rings is 1. The Morgan fingerprint density at radius 2 is 1.50 bits per heavy atom. The number of amides is 2. The van der Waals surface area contributed by atoms with E-state index in [0.29, 0.717) is 30.6 Å². The van der Waals surface area contributed by atoms with Gasteiger partial charge in [-0.1, -0.05) is 24.3 Å². The van der Waals surface area contributed by atoms with Crippen LogP contribution >= 0.6 is 0 Å². The molecule has 7 heteroatoms. The molecule has 2 N–H and O–H groups in total. The minimum atomic E-state index is -0.318. The fourth-order valence-corrected chi connectivity index (χ4v) is 3.58. The van der Waals surface area contributed by atoms with Gasteiger partial charge >= 0.3 is 0 Å². The molecular formula is C25H26FN3O3. The van der Waals surface area contributed by atoms with Gasteiger partial charge in [0.1, 0.15) is 5.82 Å². The molecule has 0 fully saturated rings. The smallest absolute Gasteiger partial charge is 0.252 e. The standard InChI is InChI=1S/C25H26FN3O3/c1-3-29-16-20(10-13-23(29)30)25(32)28-15-14-22(18-8-11-21(26)12-9-18)17-4-6-19(7-5-17)24(31)27-2/h4-13,16,22H,3,14-15H2,1-2H3,(H,27,31)(H,28,32). The third-order valence-corrected chi connectivity index (χ3v) is 5.38. The summed E-state index contributed by atoms with van der Waals surface area (Å²) in [6.07, 6.45) is 2.12. The summed E-state index contributed by atoms with van der Waals surface area (Å²) in [7, 11) is 1.58. The summed E-state index contributed by atoms with van der Waals surface area (Å²) in [5.74, 6) is -0.850. The van der Waals surface area contributed by atoms with E-state index in [1.54, 1.807) is 37.5 Å². The third-order valence-electron chi connectivity index (χ3n) is 5.38. The minimum Gasteiger partial charge on any atom is -0.355 e. The van der Waals surface area contributed by atoms with Gasteiger partial charge in [-0.3, -0.25) is 14.4 Å². The van der Waals surface area contributed by atoms with E-state index in [-0.39, 0.29) is 29.1 Å². The van der Waals surface area contributed by atoms with Crippen molar-refractivity contribution in [2.75, 3.05) is 13.6 Å². The molecule has 0 radical (unpaired) electrons. The zero-order valence-corrected chi connectivity index (χ0v) is 18.1. The summed E-state index contributed by atoms with van der Waals surface area (Å²) in [6.45, 7) is 2.70. The second-order valence-corrected chi connectivity index (χ2v) is 7.39. The molecular weight excluding hydrogens is 409 g/mol. The van der Waals surface area contributed by atoms with Crippen LogP contribution in [0.3, 0.4) is 0 Å². The predicted molar refractivity (Wildman–Crippen MR) is 121 cm³/mol. The molecule has 3 rings (SSSR count). The molecule has 0 aliphatic heterocycles. The molecule has 0 aliphatic carbocycles. The topological polar surface area (TPSA) is 80.2 Å². The summed E-state index contributed by atoms with van der Waals surface area (Å²) in [5.41, 5.74) is 2.68. The molecule has 166 valence electrons. The number of hydrogen-bond donors (Lipinski definition) is 2. The monoisotopic (exact) mass is 435 g/mol. The van der Waals surface area contributed by atoms with Gasteiger partial charge in [0.15, 0.2) is 0 Å². The van der Waals surface area contributed by atoms with Crippen LogP contribution in [0.2, 0.25) is 0 Å². The van der Waals surface area contributed by atoms with E-state index in [1.807, 2.05) is 19.1 Å². The lowest BCUT2D eigenvalue weighted by molar-refractivity contribution is 0.0947. The Labute approximate surface area is 186 Å². The molecule has 0 saturated heterocycles. The van der Waals surface area contributed by atoms with Crippen molar-refractivity contribution in [3.63, 3.8) is 0 Å². The molecule has 2 amide bonds. The van der Waals surface area contributed by atoms with E-state index in [1.165, 1.54) is 28.8 Å². The summed E-state index contributed by atoms with van der Waals surface area (Å²) >= 11 is 0. The second-order valence-electron chi connectivity index (χ2n) is 7.39. The Hall–Kier alpha value is -3.74. The summed E-state index contributed by atoms with van der Waals surface area (Å²) in [6, 6.07) is 16.4. The number of aromatic nitrogens is 1. The normalized spacial score (nSPS) is 11.6. The molecule has 3 aromatic rings. The van der Waals surface area contributed by atoms with Crippen molar-refractivity contribution in [1.29, 1.82) is 0 Å². The van der Waals surface area contributed by atoms with Crippen LogP contribution in [0.25, 0.3) is 0 Å².